The summed E-state index contributed by atoms with van der Waals surface area (Å²) >= 11 is 0. The van der Waals surface area contributed by atoms with E-state index in [-0.39, 0.29) is 18.4 Å². The number of unbranched alkanes of at least 4 members (excludes halogenated alkanes) is 1. The van der Waals surface area contributed by atoms with Gasteiger partial charge in [0.25, 0.3) is 0 Å². The quantitative estimate of drug-likeness (QED) is 0.683. The number of carbonyl (C=O) groups excluding carboxylic acids is 1. The van der Waals surface area contributed by atoms with Gasteiger partial charge in [-0.1, -0.05) is 13.8 Å². The van der Waals surface area contributed by atoms with E-state index in [0.29, 0.717) is 6.04 Å². The number of hydrogen-bond donors (Lipinski definition) is 2. The van der Waals surface area contributed by atoms with Crippen LogP contribution in [0.15, 0.2) is 0 Å². The van der Waals surface area contributed by atoms with Crippen LogP contribution in [-0.4, -0.2) is 48.2 Å². The Morgan fingerprint density at radius 2 is 2.24 bits per heavy atom. The normalized spacial score (nSPS) is 21.8. The Bertz CT molecular complexity index is 231. The fraction of sp³-hybridized carbons (Fsp3) is 0.923. The van der Waals surface area contributed by atoms with Gasteiger partial charge in [-0.15, -0.1) is 0 Å². The van der Waals surface area contributed by atoms with Crippen LogP contribution in [-0.2, 0) is 4.79 Å². The fourth-order valence-corrected chi connectivity index (χ4v) is 2.19. The van der Waals surface area contributed by atoms with Crippen molar-refractivity contribution in [2.75, 3.05) is 26.2 Å². The van der Waals surface area contributed by atoms with E-state index in [9.17, 15) is 4.79 Å². The van der Waals surface area contributed by atoms with Gasteiger partial charge >= 0.3 is 0 Å². The molecule has 1 heterocycles. The molecule has 1 atom stereocenters. The van der Waals surface area contributed by atoms with Gasteiger partial charge in [0, 0.05) is 25.1 Å². The van der Waals surface area contributed by atoms with Crippen LogP contribution in [0.5, 0.6) is 0 Å². The third-order valence-electron chi connectivity index (χ3n) is 3.26. The van der Waals surface area contributed by atoms with Gasteiger partial charge in [-0.2, -0.15) is 0 Å². The molecule has 4 nitrogen and oxygen atoms in total. The van der Waals surface area contributed by atoms with Crippen LogP contribution in [0.1, 0.15) is 39.5 Å². The molecule has 0 bridgehead atoms. The second kappa shape index (κ2) is 7.67. The highest BCUT2D eigenvalue weighted by Crippen LogP contribution is 2.11. The molecule has 0 saturated carbocycles. The molecule has 0 aromatic carbocycles. The van der Waals surface area contributed by atoms with E-state index in [4.69, 9.17) is 5.11 Å². The zero-order chi connectivity index (χ0) is 12.7. The van der Waals surface area contributed by atoms with Crippen molar-refractivity contribution in [3.8, 4) is 0 Å². The number of amides is 1. The van der Waals surface area contributed by atoms with Crippen molar-refractivity contribution in [2.45, 2.75) is 45.6 Å². The Morgan fingerprint density at radius 3 is 2.88 bits per heavy atom. The number of piperidine rings is 1. The van der Waals surface area contributed by atoms with Crippen molar-refractivity contribution < 1.29 is 9.90 Å². The summed E-state index contributed by atoms with van der Waals surface area (Å²) in [5.74, 6) is 0.229. The molecule has 0 aromatic rings. The molecule has 1 amide bonds. The topological polar surface area (TPSA) is 52.6 Å². The molecule has 100 valence electrons. The molecule has 1 unspecified atom stereocenters. The Balaban J connectivity index is 2.26. The van der Waals surface area contributed by atoms with Crippen LogP contribution in [0.2, 0.25) is 0 Å². The molecule has 0 radical (unpaired) electrons. The van der Waals surface area contributed by atoms with Crippen LogP contribution in [0.25, 0.3) is 0 Å². The van der Waals surface area contributed by atoms with Crippen molar-refractivity contribution in [2.24, 2.45) is 5.92 Å². The maximum absolute atomic E-state index is 11.6. The maximum atomic E-state index is 11.6. The minimum atomic E-state index is 0.0692. The number of aliphatic hydroxyl groups excluding tert-OH is 1. The number of likely N-dealkylation sites (tertiary alicyclic amines) is 1. The number of hydrogen-bond acceptors (Lipinski definition) is 3. The number of nitrogens with zero attached hydrogens (tertiary/aromatic N) is 1. The third-order valence-corrected chi connectivity index (χ3v) is 3.26. The largest absolute Gasteiger partial charge is 0.396 e. The van der Waals surface area contributed by atoms with E-state index < -0.39 is 0 Å². The van der Waals surface area contributed by atoms with E-state index in [2.05, 4.69) is 10.2 Å². The first-order valence-corrected chi connectivity index (χ1v) is 6.77. The van der Waals surface area contributed by atoms with E-state index in [1.54, 1.807) is 0 Å². The number of aliphatic hydroxyl groups is 1. The summed E-state index contributed by atoms with van der Waals surface area (Å²) in [4.78, 5) is 14.0. The highest BCUT2D eigenvalue weighted by molar-refractivity contribution is 5.78. The lowest BCUT2D eigenvalue weighted by Gasteiger charge is -2.33. The summed E-state index contributed by atoms with van der Waals surface area (Å²) in [6.07, 6.45) is 4.16. The summed E-state index contributed by atoms with van der Waals surface area (Å²) in [7, 11) is 0. The van der Waals surface area contributed by atoms with Gasteiger partial charge in [0.05, 0.1) is 0 Å². The molecular weight excluding hydrogens is 216 g/mol. The van der Waals surface area contributed by atoms with Gasteiger partial charge in [-0.25, -0.2) is 0 Å². The Hall–Kier alpha value is -0.610. The van der Waals surface area contributed by atoms with E-state index in [1.807, 2.05) is 13.8 Å². The van der Waals surface area contributed by atoms with Crippen molar-refractivity contribution in [1.82, 2.24) is 10.2 Å². The summed E-state index contributed by atoms with van der Waals surface area (Å²) < 4.78 is 0. The third kappa shape index (κ3) is 5.50. The number of nitrogens with one attached hydrogen (secondary N) is 1. The molecule has 1 fully saturated rings. The van der Waals surface area contributed by atoms with Gasteiger partial charge in [0.1, 0.15) is 0 Å². The summed E-state index contributed by atoms with van der Waals surface area (Å²) in [5.41, 5.74) is 0. The molecule has 1 aliphatic heterocycles. The lowest BCUT2D eigenvalue weighted by molar-refractivity contribution is -0.125. The van der Waals surface area contributed by atoms with E-state index in [1.165, 1.54) is 0 Å². The maximum Gasteiger partial charge on any atom is 0.222 e. The second-order valence-corrected chi connectivity index (χ2v) is 5.23. The Kier molecular flexibility index (Phi) is 6.52. The molecule has 1 saturated heterocycles. The first-order chi connectivity index (χ1) is 8.13. The summed E-state index contributed by atoms with van der Waals surface area (Å²) in [6, 6.07) is 0.313. The van der Waals surface area contributed by atoms with Crippen LogP contribution in [0.3, 0.4) is 0 Å². The van der Waals surface area contributed by atoms with Crippen LogP contribution < -0.4 is 5.32 Å². The smallest absolute Gasteiger partial charge is 0.222 e. The number of carbonyl (C=O) groups is 1. The highest BCUT2D eigenvalue weighted by Gasteiger charge is 2.21. The van der Waals surface area contributed by atoms with Crippen molar-refractivity contribution >= 4 is 5.91 Å². The predicted octanol–water partition coefficient (Wildman–Crippen LogP) is 0.995. The summed E-state index contributed by atoms with van der Waals surface area (Å²) in [5, 5.41) is 11.9. The lowest BCUT2D eigenvalue weighted by Crippen LogP contribution is -2.48. The predicted molar refractivity (Wildman–Crippen MR) is 68.8 cm³/mol. The summed E-state index contributed by atoms with van der Waals surface area (Å²) in [6.45, 7) is 7.26. The molecule has 0 aromatic heterocycles. The van der Waals surface area contributed by atoms with Crippen molar-refractivity contribution in [3.63, 3.8) is 0 Å². The highest BCUT2D eigenvalue weighted by atomic mass is 16.2. The van der Waals surface area contributed by atoms with Gasteiger partial charge in [-0.3, -0.25) is 4.79 Å². The Labute approximate surface area is 104 Å². The fourth-order valence-electron chi connectivity index (χ4n) is 2.19. The standard InChI is InChI=1S/C13H26N2O2/c1-11(2)13(17)14-12-6-5-8-15(10-12)7-3-4-9-16/h11-12,16H,3-10H2,1-2H3,(H,14,17). The first-order valence-electron chi connectivity index (χ1n) is 6.77. The van der Waals surface area contributed by atoms with E-state index in [0.717, 1.165) is 45.3 Å². The van der Waals surface area contributed by atoms with Gasteiger partial charge < -0.3 is 15.3 Å². The average molecular weight is 242 g/mol. The molecule has 4 heteroatoms. The number of rotatable bonds is 6. The molecule has 2 N–H and O–H groups in total. The lowest BCUT2D eigenvalue weighted by atomic mass is 10.0. The second-order valence-electron chi connectivity index (χ2n) is 5.23. The molecule has 0 aliphatic carbocycles. The minimum absolute atomic E-state index is 0.0692. The van der Waals surface area contributed by atoms with Crippen LogP contribution in [0, 0.1) is 5.92 Å². The molecule has 0 spiro atoms. The van der Waals surface area contributed by atoms with Crippen LogP contribution in [0.4, 0.5) is 0 Å². The van der Waals surface area contributed by atoms with Gasteiger partial charge in [0.2, 0.25) is 5.91 Å². The monoisotopic (exact) mass is 242 g/mol. The SMILES string of the molecule is CC(C)C(=O)NC1CCCN(CCCCO)C1. The molecule has 1 rings (SSSR count). The zero-order valence-electron chi connectivity index (χ0n) is 11.1. The molecular formula is C13H26N2O2. The van der Waals surface area contributed by atoms with Gasteiger partial charge in [0.15, 0.2) is 0 Å². The molecule has 1 aliphatic rings. The van der Waals surface area contributed by atoms with Gasteiger partial charge in [-0.05, 0) is 38.8 Å². The first kappa shape index (κ1) is 14.5. The van der Waals surface area contributed by atoms with Crippen molar-refractivity contribution in [1.29, 1.82) is 0 Å². The van der Waals surface area contributed by atoms with E-state index >= 15 is 0 Å². The minimum Gasteiger partial charge on any atom is -0.396 e. The zero-order valence-corrected chi connectivity index (χ0v) is 11.1. The average Bonchev–Trinajstić information content (AvgIpc) is 2.30. The molecule has 17 heavy (non-hydrogen) atoms. The van der Waals surface area contributed by atoms with Crippen LogP contribution >= 0.6 is 0 Å². The Morgan fingerprint density at radius 1 is 1.47 bits per heavy atom. The van der Waals surface area contributed by atoms with Crippen molar-refractivity contribution in [3.05, 3.63) is 0 Å².